The first-order chi connectivity index (χ1) is 12.7. The van der Waals surface area contributed by atoms with Crippen molar-refractivity contribution in [3.63, 3.8) is 0 Å². The predicted molar refractivity (Wildman–Crippen MR) is 108 cm³/mol. The third-order valence-corrected chi connectivity index (χ3v) is 5.86. The molecule has 2 rings (SSSR count). The Kier molecular flexibility index (Phi) is 7.18. The van der Waals surface area contributed by atoms with Crippen molar-refractivity contribution in [1.29, 1.82) is 0 Å². The molecule has 0 aliphatic rings. The fourth-order valence-electron chi connectivity index (χ4n) is 2.46. The number of benzene rings is 2. The highest BCUT2D eigenvalue weighted by molar-refractivity contribution is 7.89. The summed E-state index contributed by atoms with van der Waals surface area (Å²) in [5.41, 5.74) is 1.30. The molecule has 0 atom stereocenters. The van der Waals surface area contributed by atoms with Gasteiger partial charge in [-0.05, 0) is 55.8 Å². The second kappa shape index (κ2) is 9.17. The van der Waals surface area contributed by atoms with E-state index in [2.05, 4.69) is 11.9 Å². The summed E-state index contributed by atoms with van der Waals surface area (Å²) in [6, 6.07) is 13.0. The van der Waals surface area contributed by atoms with Crippen LogP contribution in [0.2, 0.25) is 5.02 Å². The number of carbonyl (C=O) groups is 1. The van der Waals surface area contributed by atoms with E-state index in [4.69, 9.17) is 11.6 Å². The lowest BCUT2D eigenvalue weighted by atomic mass is 10.1. The van der Waals surface area contributed by atoms with Crippen LogP contribution in [0.1, 0.15) is 29.8 Å². The number of rotatable bonds is 8. The number of sulfonamides is 1. The van der Waals surface area contributed by atoms with Crippen LogP contribution >= 0.6 is 11.6 Å². The lowest BCUT2D eigenvalue weighted by Crippen LogP contribution is -2.31. The zero-order valence-corrected chi connectivity index (χ0v) is 16.9. The Hall–Kier alpha value is -2.15. The topological polar surface area (TPSA) is 66.5 Å². The fraction of sp³-hybridized carbons (Fsp3) is 0.250. The Morgan fingerprint density at radius 2 is 1.74 bits per heavy atom. The Balaban J connectivity index is 2.21. The summed E-state index contributed by atoms with van der Waals surface area (Å²) in [5.74, 6) is -0.159. The van der Waals surface area contributed by atoms with Crippen LogP contribution in [0, 0.1) is 0 Å². The number of hydrogen-bond acceptors (Lipinski definition) is 3. The summed E-state index contributed by atoms with van der Waals surface area (Å²) in [4.78, 5) is 12.2. The van der Waals surface area contributed by atoms with Gasteiger partial charge in [0, 0.05) is 29.7 Å². The Morgan fingerprint density at radius 1 is 1.15 bits per heavy atom. The minimum Gasteiger partial charge on any atom is -0.350 e. The summed E-state index contributed by atoms with van der Waals surface area (Å²) in [5, 5.41) is 3.29. The molecule has 0 heterocycles. The Bertz CT molecular complexity index is 892. The standard InChI is InChI=1S/C20H23ClN2O3S/c1-4-13-23(27(25,26)19-11-9-18(21)10-12-19)14-16-5-7-17(8-6-16)20(24)22-15(2)3/h4-12,15H,1,13-14H2,2-3H3,(H,22,24). The maximum Gasteiger partial charge on any atom is 0.251 e. The number of nitrogens with zero attached hydrogens (tertiary/aromatic N) is 1. The predicted octanol–water partition coefficient (Wildman–Crippen LogP) is 3.86. The third kappa shape index (κ3) is 5.66. The molecule has 0 fully saturated rings. The van der Waals surface area contributed by atoms with Crippen LogP contribution in [0.25, 0.3) is 0 Å². The van der Waals surface area contributed by atoms with E-state index < -0.39 is 10.0 Å². The van der Waals surface area contributed by atoms with Crippen LogP contribution in [0.3, 0.4) is 0 Å². The van der Waals surface area contributed by atoms with Crippen LogP contribution in [0.4, 0.5) is 0 Å². The second-order valence-corrected chi connectivity index (χ2v) is 8.74. The van der Waals surface area contributed by atoms with Crippen molar-refractivity contribution >= 4 is 27.5 Å². The van der Waals surface area contributed by atoms with Crippen LogP contribution in [-0.4, -0.2) is 31.2 Å². The van der Waals surface area contributed by atoms with Crippen molar-refractivity contribution in [2.24, 2.45) is 0 Å². The van der Waals surface area contributed by atoms with Crippen molar-refractivity contribution in [3.05, 3.63) is 77.3 Å². The molecule has 0 saturated heterocycles. The first kappa shape index (κ1) is 21.2. The summed E-state index contributed by atoms with van der Waals surface area (Å²) in [7, 11) is -3.70. The van der Waals surface area contributed by atoms with Gasteiger partial charge in [-0.3, -0.25) is 4.79 Å². The second-order valence-electron chi connectivity index (χ2n) is 6.37. The van der Waals surface area contributed by atoms with Crippen molar-refractivity contribution in [2.45, 2.75) is 31.3 Å². The van der Waals surface area contributed by atoms with Gasteiger partial charge in [0.25, 0.3) is 5.91 Å². The van der Waals surface area contributed by atoms with Gasteiger partial charge in [-0.1, -0.05) is 29.8 Å². The highest BCUT2D eigenvalue weighted by Crippen LogP contribution is 2.20. The van der Waals surface area contributed by atoms with Crippen LogP contribution < -0.4 is 5.32 Å². The largest absolute Gasteiger partial charge is 0.350 e. The van der Waals surface area contributed by atoms with Crippen molar-refractivity contribution in [3.8, 4) is 0 Å². The molecule has 1 amide bonds. The quantitative estimate of drug-likeness (QED) is 0.677. The van der Waals surface area contributed by atoms with E-state index >= 15 is 0 Å². The zero-order valence-electron chi connectivity index (χ0n) is 15.4. The fourth-order valence-corrected chi connectivity index (χ4v) is 3.98. The molecule has 27 heavy (non-hydrogen) atoms. The van der Waals surface area contributed by atoms with Gasteiger partial charge in [-0.2, -0.15) is 4.31 Å². The first-order valence-electron chi connectivity index (χ1n) is 8.50. The van der Waals surface area contributed by atoms with E-state index in [1.54, 1.807) is 36.4 Å². The van der Waals surface area contributed by atoms with Gasteiger partial charge in [0.15, 0.2) is 0 Å². The SMILES string of the molecule is C=CCN(Cc1ccc(C(=O)NC(C)C)cc1)S(=O)(=O)c1ccc(Cl)cc1. The number of hydrogen-bond donors (Lipinski definition) is 1. The third-order valence-electron chi connectivity index (χ3n) is 3.78. The molecule has 0 unspecified atom stereocenters. The summed E-state index contributed by atoms with van der Waals surface area (Å²) in [6.07, 6.45) is 1.54. The first-order valence-corrected chi connectivity index (χ1v) is 10.3. The molecule has 0 aliphatic heterocycles. The molecule has 0 spiro atoms. The maximum atomic E-state index is 12.9. The molecule has 2 aromatic carbocycles. The molecule has 0 saturated carbocycles. The van der Waals surface area contributed by atoms with E-state index in [1.807, 2.05) is 13.8 Å². The van der Waals surface area contributed by atoms with E-state index in [1.165, 1.54) is 22.5 Å². The highest BCUT2D eigenvalue weighted by atomic mass is 35.5. The average molecular weight is 407 g/mol. The molecule has 7 heteroatoms. The molecule has 2 aromatic rings. The number of halogens is 1. The van der Waals surface area contributed by atoms with E-state index in [9.17, 15) is 13.2 Å². The molecule has 0 aromatic heterocycles. The maximum absolute atomic E-state index is 12.9. The van der Waals surface area contributed by atoms with E-state index in [0.29, 0.717) is 10.6 Å². The van der Waals surface area contributed by atoms with Crippen molar-refractivity contribution in [1.82, 2.24) is 9.62 Å². The summed E-state index contributed by atoms with van der Waals surface area (Å²) >= 11 is 5.85. The van der Waals surface area contributed by atoms with Gasteiger partial charge in [-0.25, -0.2) is 8.42 Å². The molecule has 0 radical (unpaired) electrons. The minimum absolute atomic E-state index is 0.0461. The van der Waals surface area contributed by atoms with E-state index in [0.717, 1.165) is 5.56 Å². The Morgan fingerprint density at radius 3 is 2.26 bits per heavy atom. The number of carbonyl (C=O) groups excluding carboxylic acids is 1. The van der Waals surface area contributed by atoms with Crippen molar-refractivity contribution in [2.75, 3.05) is 6.54 Å². The lowest BCUT2D eigenvalue weighted by Gasteiger charge is -2.21. The average Bonchev–Trinajstić information content (AvgIpc) is 2.61. The number of amides is 1. The smallest absolute Gasteiger partial charge is 0.251 e. The lowest BCUT2D eigenvalue weighted by molar-refractivity contribution is 0.0943. The monoisotopic (exact) mass is 406 g/mol. The highest BCUT2D eigenvalue weighted by Gasteiger charge is 2.23. The van der Waals surface area contributed by atoms with Gasteiger partial charge in [0.1, 0.15) is 0 Å². The van der Waals surface area contributed by atoms with Gasteiger partial charge >= 0.3 is 0 Å². The molecule has 0 bridgehead atoms. The summed E-state index contributed by atoms with van der Waals surface area (Å²) in [6.45, 7) is 7.76. The molecule has 5 nitrogen and oxygen atoms in total. The molecular formula is C20H23ClN2O3S. The molecule has 1 N–H and O–H groups in total. The van der Waals surface area contributed by atoms with Crippen LogP contribution in [-0.2, 0) is 16.6 Å². The molecular weight excluding hydrogens is 384 g/mol. The van der Waals surface area contributed by atoms with E-state index in [-0.39, 0.29) is 29.9 Å². The minimum atomic E-state index is -3.70. The summed E-state index contributed by atoms with van der Waals surface area (Å²) < 4.78 is 27.1. The molecule has 144 valence electrons. The number of nitrogens with one attached hydrogen (secondary N) is 1. The van der Waals surface area contributed by atoms with Crippen molar-refractivity contribution < 1.29 is 13.2 Å². The van der Waals surface area contributed by atoms with Crippen LogP contribution in [0.15, 0.2) is 66.1 Å². The van der Waals surface area contributed by atoms with Crippen LogP contribution in [0.5, 0.6) is 0 Å². The van der Waals surface area contributed by atoms with Gasteiger partial charge < -0.3 is 5.32 Å². The van der Waals surface area contributed by atoms with Gasteiger partial charge in [0.05, 0.1) is 4.90 Å². The van der Waals surface area contributed by atoms with Gasteiger partial charge in [-0.15, -0.1) is 6.58 Å². The molecule has 0 aliphatic carbocycles. The zero-order chi connectivity index (χ0) is 20.0. The normalized spacial score (nSPS) is 11.6. The van der Waals surface area contributed by atoms with Gasteiger partial charge in [0.2, 0.25) is 10.0 Å². The Labute approximate surface area is 165 Å².